The summed E-state index contributed by atoms with van der Waals surface area (Å²) < 4.78 is 2.83. The number of hydrogen-bond acceptors (Lipinski definition) is 5. The number of hydrogen-bond donors (Lipinski definition) is 2. The summed E-state index contributed by atoms with van der Waals surface area (Å²) in [6.07, 6.45) is 0. The molecular weight excluding hydrogens is 526 g/mol. The van der Waals surface area contributed by atoms with Gasteiger partial charge >= 0.3 is 0 Å². The fraction of sp³-hybridized carbons (Fsp3) is 0.385. The molecule has 3 rings (SSSR count). The van der Waals surface area contributed by atoms with E-state index in [1.54, 1.807) is 0 Å². The van der Waals surface area contributed by atoms with Gasteiger partial charge in [0.2, 0.25) is 5.91 Å². The van der Waals surface area contributed by atoms with Gasteiger partial charge in [0.05, 0.1) is 11.8 Å². The van der Waals surface area contributed by atoms with E-state index in [2.05, 4.69) is 50.6 Å². The number of carbonyl (C=O) groups is 2. The molecule has 9 heteroatoms. The van der Waals surface area contributed by atoms with Crippen molar-refractivity contribution in [3.63, 3.8) is 0 Å². The quantitative estimate of drug-likeness (QED) is 0.321. The number of halogens is 1. The molecule has 7 nitrogen and oxygen atoms in total. The minimum atomic E-state index is -0.319. The van der Waals surface area contributed by atoms with Gasteiger partial charge in [-0.05, 0) is 54.7 Å². The first-order chi connectivity index (χ1) is 16.6. The van der Waals surface area contributed by atoms with Crippen LogP contribution < -0.4 is 10.6 Å². The third-order valence-corrected chi connectivity index (χ3v) is 7.17. The summed E-state index contributed by atoms with van der Waals surface area (Å²) in [4.78, 5) is 25.5. The maximum Gasteiger partial charge on any atom is 0.251 e. The summed E-state index contributed by atoms with van der Waals surface area (Å²) in [5.41, 5.74) is 3.58. The zero-order chi connectivity index (χ0) is 25.7. The van der Waals surface area contributed by atoms with Gasteiger partial charge in [-0.2, -0.15) is 0 Å². The largest absolute Gasteiger partial charge is 0.342 e. The summed E-state index contributed by atoms with van der Waals surface area (Å²) in [5.74, 6) is 0.952. The summed E-state index contributed by atoms with van der Waals surface area (Å²) >= 11 is 4.81. The van der Waals surface area contributed by atoms with Crippen LogP contribution in [0.1, 0.15) is 67.0 Å². The molecule has 0 unspecified atom stereocenters. The molecule has 2 N–H and O–H groups in total. The first-order valence-corrected chi connectivity index (χ1v) is 13.3. The van der Waals surface area contributed by atoms with Gasteiger partial charge in [-0.15, -0.1) is 10.2 Å². The number of aryl methyl sites for hydroxylation is 1. The fourth-order valence-electron chi connectivity index (χ4n) is 3.62. The summed E-state index contributed by atoms with van der Waals surface area (Å²) in [6.45, 7) is 10.2. The predicted molar refractivity (Wildman–Crippen MR) is 145 cm³/mol. The maximum atomic E-state index is 12.8. The van der Waals surface area contributed by atoms with Crippen LogP contribution in [0, 0.1) is 12.8 Å². The predicted octanol–water partition coefficient (Wildman–Crippen LogP) is 5.87. The summed E-state index contributed by atoms with van der Waals surface area (Å²) in [5, 5.41) is 15.3. The molecule has 0 saturated carbocycles. The molecular formula is C26H32BrN5O2S. The SMILES string of the molecule is Cc1ccc(C(=O)N[C@@H](c2nnc(SCC(=O)Nc3ccc(Br)cc3C(C)C)n2C)C(C)C)cc1. The number of carbonyl (C=O) groups excluding carboxylic acids is 2. The first kappa shape index (κ1) is 26.9. The minimum Gasteiger partial charge on any atom is -0.342 e. The van der Waals surface area contributed by atoms with Gasteiger partial charge in [-0.1, -0.05) is 73.1 Å². The number of rotatable bonds is 9. The van der Waals surface area contributed by atoms with Gasteiger partial charge in [-0.3, -0.25) is 9.59 Å². The second kappa shape index (κ2) is 11.9. The number of nitrogens with zero attached hydrogens (tertiary/aromatic N) is 3. The molecule has 2 aromatic carbocycles. The van der Waals surface area contributed by atoms with Gasteiger partial charge < -0.3 is 15.2 Å². The molecule has 0 aliphatic rings. The maximum absolute atomic E-state index is 12.8. The van der Waals surface area contributed by atoms with Crippen LogP contribution in [0.2, 0.25) is 0 Å². The molecule has 0 aliphatic heterocycles. The molecule has 0 saturated heterocycles. The Balaban J connectivity index is 1.68. The molecule has 35 heavy (non-hydrogen) atoms. The average molecular weight is 559 g/mol. The van der Waals surface area contributed by atoms with Crippen molar-refractivity contribution in [2.75, 3.05) is 11.1 Å². The second-order valence-corrected chi connectivity index (χ2v) is 11.0. The van der Waals surface area contributed by atoms with Crippen molar-refractivity contribution in [2.24, 2.45) is 13.0 Å². The molecule has 0 radical (unpaired) electrons. The van der Waals surface area contributed by atoms with Crippen LogP contribution in [0.4, 0.5) is 5.69 Å². The van der Waals surface area contributed by atoms with E-state index in [9.17, 15) is 9.59 Å². The molecule has 0 aliphatic carbocycles. The highest BCUT2D eigenvalue weighted by Gasteiger charge is 2.25. The van der Waals surface area contributed by atoms with Gasteiger partial charge in [0.1, 0.15) is 0 Å². The van der Waals surface area contributed by atoms with E-state index in [0.717, 1.165) is 21.3 Å². The Bertz CT molecular complexity index is 1190. The Morgan fingerprint density at radius 3 is 2.37 bits per heavy atom. The Hall–Kier alpha value is -2.65. The lowest BCUT2D eigenvalue weighted by Crippen LogP contribution is -2.33. The lowest BCUT2D eigenvalue weighted by Gasteiger charge is -2.21. The van der Waals surface area contributed by atoms with E-state index >= 15 is 0 Å². The van der Waals surface area contributed by atoms with E-state index in [0.29, 0.717) is 16.5 Å². The minimum absolute atomic E-state index is 0.0975. The van der Waals surface area contributed by atoms with Crippen molar-refractivity contribution in [1.29, 1.82) is 0 Å². The van der Waals surface area contributed by atoms with Gasteiger partial charge in [0, 0.05) is 22.8 Å². The van der Waals surface area contributed by atoms with Gasteiger partial charge in [-0.25, -0.2) is 0 Å². The number of thioether (sulfide) groups is 1. The number of anilines is 1. The van der Waals surface area contributed by atoms with Crippen LogP contribution in [-0.2, 0) is 11.8 Å². The molecule has 0 fully saturated rings. The van der Waals surface area contributed by atoms with Crippen molar-refractivity contribution in [2.45, 2.75) is 51.7 Å². The van der Waals surface area contributed by atoms with Crippen LogP contribution in [0.25, 0.3) is 0 Å². The van der Waals surface area contributed by atoms with Crippen LogP contribution in [-0.4, -0.2) is 32.3 Å². The molecule has 1 aromatic heterocycles. The first-order valence-electron chi connectivity index (χ1n) is 11.6. The van der Waals surface area contributed by atoms with E-state index < -0.39 is 0 Å². The van der Waals surface area contributed by atoms with E-state index in [1.807, 2.05) is 74.9 Å². The number of benzene rings is 2. The third-order valence-electron chi connectivity index (χ3n) is 5.66. The Kier molecular flexibility index (Phi) is 9.13. The molecule has 1 heterocycles. The molecule has 2 amide bonds. The van der Waals surface area contributed by atoms with Crippen molar-refractivity contribution in [3.8, 4) is 0 Å². The number of amides is 2. The lowest BCUT2D eigenvalue weighted by atomic mass is 10.0. The van der Waals surface area contributed by atoms with E-state index in [1.165, 1.54) is 11.8 Å². The van der Waals surface area contributed by atoms with Crippen LogP contribution in [0.3, 0.4) is 0 Å². The third kappa shape index (κ3) is 6.95. The number of nitrogens with one attached hydrogen (secondary N) is 2. The molecule has 3 aromatic rings. The topological polar surface area (TPSA) is 88.9 Å². The van der Waals surface area contributed by atoms with Crippen LogP contribution in [0.5, 0.6) is 0 Å². The summed E-state index contributed by atoms with van der Waals surface area (Å²) in [6, 6.07) is 13.0. The van der Waals surface area contributed by atoms with Crippen LogP contribution >= 0.6 is 27.7 Å². The molecule has 186 valence electrons. The lowest BCUT2D eigenvalue weighted by molar-refractivity contribution is -0.113. The van der Waals surface area contributed by atoms with E-state index in [-0.39, 0.29) is 35.4 Å². The van der Waals surface area contributed by atoms with Gasteiger partial charge in [0.25, 0.3) is 5.91 Å². The summed E-state index contributed by atoms with van der Waals surface area (Å²) in [7, 11) is 1.86. The Morgan fingerprint density at radius 2 is 1.74 bits per heavy atom. The highest BCUT2D eigenvalue weighted by atomic mass is 79.9. The normalized spacial score (nSPS) is 12.1. The number of aromatic nitrogens is 3. The Labute approximate surface area is 219 Å². The Morgan fingerprint density at radius 1 is 1.06 bits per heavy atom. The standard InChI is InChI=1S/C26H32BrN5O2S/c1-15(2)20-13-19(27)11-12-21(20)28-22(33)14-35-26-31-30-24(32(26)6)23(16(3)4)29-25(34)18-9-7-17(5)8-10-18/h7-13,15-16,23H,14H2,1-6H3,(H,28,33)(H,29,34)/t23-/m1/s1. The molecule has 0 spiro atoms. The second-order valence-electron chi connectivity index (χ2n) is 9.18. The highest BCUT2D eigenvalue weighted by Crippen LogP contribution is 2.28. The van der Waals surface area contributed by atoms with Crippen molar-refractivity contribution < 1.29 is 9.59 Å². The monoisotopic (exact) mass is 557 g/mol. The fourth-order valence-corrected chi connectivity index (χ4v) is 4.72. The van der Waals surface area contributed by atoms with Crippen molar-refractivity contribution >= 4 is 45.2 Å². The highest BCUT2D eigenvalue weighted by molar-refractivity contribution is 9.10. The van der Waals surface area contributed by atoms with Crippen molar-refractivity contribution in [1.82, 2.24) is 20.1 Å². The molecule has 0 bridgehead atoms. The smallest absolute Gasteiger partial charge is 0.251 e. The molecule has 1 atom stereocenters. The van der Waals surface area contributed by atoms with Gasteiger partial charge in [0.15, 0.2) is 11.0 Å². The van der Waals surface area contributed by atoms with Crippen molar-refractivity contribution in [3.05, 3.63) is 69.5 Å². The zero-order valence-corrected chi connectivity index (χ0v) is 23.3. The zero-order valence-electron chi connectivity index (χ0n) is 20.9. The van der Waals surface area contributed by atoms with E-state index in [4.69, 9.17) is 0 Å². The van der Waals surface area contributed by atoms with Crippen LogP contribution in [0.15, 0.2) is 52.1 Å². The average Bonchev–Trinajstić information content (AvgIpc) is 3.17.